The number of para-hydroxylation sites is 1. The smallest absolute Gasteiger partial charge is 0.145 e. The maximum Gasteiger partial charge on any atom is 0.145 e. The summed E-state index contributed by atoms with van der Waals surface area (Å²) < 4.78 is 5.47. The molecule has 3 heteroatoms. The second kappa shape index (κ2) is 5.61. The van der Waals surface area contributed by atoms with E-state index in [2.05, 4.69) is 24.8 Å². The number of nitrogens with zero attached hydrogens (tertiary/aromatic N) is 1. The monoisotopic (exact) mass is 248 g/mol. The van der Waals surface area contributed by atoms with Crippen LogP contribution in [0.25, 0.3) is 0 Å². The second-order valence-corrected chi connectivity index (χ2v) is 5.37. The van der Waals surface area contributed by atoms with E-state index >= 15 is 0 Å². The highest BCUT2D eigenvalue weighted by Gasteiger charge is 2.24. The average molecular weight is 248 g/mol. The molecule has 0 saturated carbocycles. The van der Waals surface area contributed by atoms with Gasteiger partial charge in [-0.25, -0.2) is 0 Å². The Morgan fingerprint density at radius 3 is 2.50 bits per heavy atom. The predicted molar refractivity (Wildman–Crippen MR) is 76.1 cm³/mol. The van der Waals surface area contributed by atoms with E-state index in [0.29, 0.717) is 12.0 Å². The van der Waals surface area contributed by atoms with Gasteiger partial charge in [-0.2, -0.15) is 0 Å². The largest absolute Gasteiger partial charge is 0.494 e. The van der Waals surface area contributed by atoms with E-state index in [0.717, 1.165) is 11.4 Å². The van der Waals surface area contributed by atoms with Crippen LogP contribution in [0.5, 0.6) is 5.75 Å². The van der Waals surface area contributed by atoms with Crippen molar-refractivity contribution >= 4 is 5.69 Å². The van der Waals surface area contributed by atoms with Gasteiger partial charge in [0.1, 0.15) is 5.75 Å². The first-order valence-electron chi connectivity index (χ1n) is 6.80. The molecule has 0 spiro atoms. The van der Waals surface area contributed by atoms with Gasteiger partial charge >= 0.3 is 0 Å². The number of hydrogen-bond acceptors (Lipinski definition) is 3. The zero-order valence-electron chi connectivity index (χ0n) is 11.6. The van der Waals surface area contributed by atoms with Crippen LogP contribution in [0, 0.1) is 0 Å². The number of rotatable bonds is 3. The Kier molecular flexibility index (Phi) is 4.12. The van der Waals surface area contributed by atoms with Gasteiger partial charge in [0.25, 0.3) is 0 Å². The van der Waals surface area contributed by atoms with E-state index in [1.165, 1.54) is 31.5 Å². The molecule has 2 N–H and O–H groups in total. The molecule has 18 heavy (non-hydrogen) atoms. The fraction of sp³-hybridized carbons (Fsp3) is 0.600. The second-order valence-electron chi connectivity index (χ2n) is 5.37. The lowest BCUT2D eigenvalue weighted by molar-refractivity contribution is 0.171. The molecule has 100 valence electrons. The zero-order valence-corrected chi connectivity index (χ0v) is 11.6. The molecular formula is C15H24N2O. The highest BCUT2D eigenvalue weighted by molar-refractivity contribution is 5.57. The van der Waals surface area contributed by atoms with Crippen molar-refractivity contribution in [3.05, 3.63) is 23.8 Å². The number of benzene rings is 1. The van der Waals surface area contributed by atoms with E-state index in [-0.39, 0.29) is 0 Å². The molecule has 1 aliphatic rings. The molecule has 0 amide bonds. The first kappa shape index (κ1) is 13.2. The summed E-state index contributed by atoms with van der Waals surface area (Å²) in [6.45, 7) is 6.86. The Morgan fingerprint density at radius 2 is 1.94 bits per heavy atom. The van der Waals surface area contributed by atoms with Gasteiger partial charge in [0.15, 0.2) is 0 Å². The summed E-state index contributed by atoms with van der Waals surface area (Å²) in [7, 11) is 1.71. The first-order chi connectivity index (χ1) is 8.63. The number of likely N-dealkylation sites (tertiary alicyclic amines) is 1. The zero-order chi connectivity index (χ0) is 13.1. The van der Waals surface area contributed by atoms with Gasteiger partial charge in [-0.05, 0) is 57.3 Å². The summed E-state index contributed by atoms with van der Waals surface area (Å²) in [4.78, 5) is 2.54. The molecule has 0 unspecified atom stereocenters. The predicted octanol–water partition coefficient (Wildman–Crippen LogP) is 2.87. The molecule has 2 rings (SSSR count). The molecule has 0 aliphatic carbocycles. The molecule has 0 atom stereocenters. The minimum atomic E-state index is 0.582. The van der Waals surface area contributed by atoms with Crippen molar-refractivity contribution < 1.29 is 4.74 Å². The van der Waals surface area contributed by atoms with Crippen LogP contribution in [0.4, 0.5) is 5.69 Å². The van der Waals surface area contributed by atoms with Crippen molar-refractivity contribution in [3.8, 4) is 5.75 Å². The molecule has 1 aliphatic heterocycles. The van der Waals surface area contributed by atoms with Gasteiger partial charge in [-0.3, -0.25) is 0 Å². The van der Waals surface area contributed by atoms with Crippen LogP contribution in [0.3, 0.4) is 0 Å². The fourth-order valence-electron chi connectivity index (χ4n) is 2.86. The summed E-state index contributed by atoms with van der Waals surface area (Å²) >= 11 is 0. The van der Waals surface area contributed by atoms with E-state index < -0.39 is 0 Å². The average Bonchev–Trinajstić information content (AvgIpc) is 2.38. The Hall–Kier alpha value is -1.22. The molecule has 1 heterocycles. The van der Waals surface area contributed by atoms with Crippen LogP contribution in [0.1, 0.15) is 38.2 Å². The van der Waals surface area contributed by atoms with Crippen molar-refractivity contribution in [2.75, 3.05) is 25.9 Å². The van der Waals surface area contributed by atoms with Crippen LogP contribution < -0.4 is 10.5 Å². The highest BCUT2D eigenvalue weighted by atomic mass is 16.5. The van der Waals surface area contributed by atoms with Gasteiger partial charge < -0.3 is 15.4 Å². The molecule has 1 saturated heterocycles. The number of piperidine rings is 1. The number of hydrogen-bond donors (Lipinski definition) is 1. The Balaban J connectivity index is 2.12. The Bertz CT molecular complexity index is 395. The molecule has 1 aromatic carbocycles. The van der Waals surface area contributed by atoms with Gasteiger partial charge in [0.2, 0.25) is 0 Å². The molecule has 0 radical (unpaired) electrons. The molecule has 1 aromatic rings. The lowest BCUT2D eigenvalue weighted by Gasteiger charge is -2.35. The van der Waals surface area contributed by atoms with E-state index in [1.807, 2.05) is 12.1 Å². The van der Waals surface area contributed by atoms with Gasteiger partial charge in [-0.1, -0.05) is 12.1 Å². The van der Waals surface area contributed by atoms with Crippen LogP contribution in [-0.2, 0) is 0 Å². The summed E-state index contributed by atoms with van der Waals surface area (Å²) in [5.74, 6) is 1.46. The molecule has 3 nitrogen and oxygen atoms in total. The lowest BCUT2D eigenvalue weighted by Crippen LogP contribution is -2.37. The van der Waals surface area contributed by atoms with Crippen molar-refractivity contribution in [1.82, 2.24) is 4.90 Å². The maximum absolute atomic E-state index is 5.98. The van der Waals surface area contributed by atoms with Crippen molar-refractivity contribution in [1.29, 1.82) is 0 Å². The van der Waals surface area contributed by atoms with Crippen LogP contribution in [-0.4, -0.2) is 31.1 Å². The molecule has 0 bridgehead atoms. The minimum absolute atomic E-state index is 0.582. The first-order valence-corrected chi connectivity index (χ1v) is 6.80. The summed E-state index contributed by atoms with van der Waals surface area (Å²) in [6.07, 6.45) is 2.38. The van der Waals surface area contributed by atoms with Crippen LogP contribution in [0.15, 0.2) is 18.2 Å². The minimum Gasteiger partial charge on any atom is -0.494 e. The molecular weight excluding hydrogens is 224 g/mol. The van der Waals surface area contributed by atoms with E-state index in [9.17, 15) is 0 Å². The van der Waals surface area contributed by atoms with E-state index in [1.54, 1.807) is 7.11 Å². The number of ether oxygens (including phenoxy) is 1. The summed E-state index contributed by atoms with van der Waals surface area (Å²) in [6, 6.07) is 6.74. The summed E-state index contributed by atoms with van der Waals surface area (Å²) in [5, 5.41) is 0. The third kappa shape index (κ3) is 2.61. The number of nitrogen functional groups attached to an aromatic ring is 1. The quantitative estimate of drug-likeness (QED) is 0.836. The topological polar surface area (TPSA) is 38.5 Å². The number of nitrogens with two attached hydrogens (primary N) is 1. The third-order valence-electron chi connectivity index (χ3n) is 3.98. The standard InChI is InChI=1S/C15H24N2O/c1-11(2)17-9-7-12(8-10-17)13-5-4-6-14(16)15(13)18-3/h4-6,11-12H,7-10,16H2,1-3H3. The van der Waals surface area contributed by atoms with Gasteiger partial charge in [0, 0.05) is 6.04 Å². The highest BCUT2D eigenvalue weighted by Crippen LogP contribution is 2.37. The van der Waals surface area contributed by atoms with Crippen molar-refractivity contribution in [3.63, 3.8) is 0 Å². The maximum atomic E-state index is 5.98. The Labute approximate surface area is 110 Å². The fourth-order valence-corrected chi connectivity index (χ4v) is 2.86. The normalized spacial score (nSPS) is 18.2. The van der Waals surface area contributed by atoms with Crippen LogP contribution in [0.2, 0.25) is 0 Å². The SMILES string of the molecule is COc1c(N)cccc1C1CCN(C(C)C)CC1. The van der Waals surface area contributed by atoms with E-state index in [4.69, 9.17) is 10.5 Å². The van der Waals surface area contributed by atoms with Gasteiger partial charge in [-0.15, -0.1) is 0 Å². The summed E-state index contributed by atoms with van der Waals surface area (Å²) in [5.41, 5.74) is 8.01. The molecule has 1 fully saturated rings. The van der Waals surface area contributed by atoms with Crippen LogP contribution >= 0.6 is 0 Å². The Morgan fingerprint density at radius 1 is 1.28 bits per heavy atom. The lowest BCUT2D eigenvalue weighted by atomic mass is 9.88. The number of anilines is 1. The van der Waals surface area contributed by atoms with Gasteiger partial charge in [0.05, 0.1) is 12.8 Å². The number of methoxy groups -OCH3 is 1. The van der Waals surface area contributed by atoms with Crippen molar-refractivity contribution in [2.45, 2.75) is 38.6 Å². The third-order valence-corrected chi connectivity index (χ3v) is 3.98. The molecule has 0 aromatic heterocycles. The van der Waals surface area contributed by atoms with Crippen molar-refractivity contribution in [2.24, 2.45) is 0 Å².